The van der Waals surface area contributed by atoms with Crippen molar-refractivity contribution in [3.8, 4) is 11.5 Å². The maximum atomic E-state index is 6.30. The van der Waals surface area contributed by atoms with Gasteiger partial charge >= 0.3 is 0 Å². The van der Waals surface area contributed by atoms with Crippen molar-refractivity contribution in [2.75, 3.05) is 19.0 Å². The minimum Gasteiger partial charge on any atom is -0.493 e. The molecule has 6 heteroatoms. The predicted molar refractivity (Wildman–Crippen MR) is 93.0 cm³/mol. The molecule has 0 aliphatic rings. The number of benzene rings is 2. The Balaban J connectivity index is 2.18. The summed E-state index contributed by atoms with van der Waals surface area (Å²) in [6, 6.07) is 8.89. The molecule has 0 amide bonds. The van der Waals surface area contributed by atoms with Gasteiger partial charge in [0.2, 0.25) is 0 Å². The molecule has 0 aliphatic heterocycles. The zero-order valence-corrected chi connectivity index (χ0v) is 14.5. The number of anilines is 1. The van der Waals surface area contributed by atoms with Crippen molar-refractivity contribution >= 4 is 40.5 Å². The topological polar surface area (TPSA) is 30.5 Å². The first kappa shape index (κ1) is 17.1. The van der Waals surface area contributed by atoms with Gasteiger partial charge in [-0.1, -0.05) is 34.8 Å². The molecule has 3 nitrogen and oxygen atoms in total. The van der Waals surface area contributed by atoms with E-state index in [-0.39, 0.29) is 0 Å². The lowest BCUT2D eigenvalue weighted by Gasteiger charge is -2.14. The van der Waals surface area contributed by atoms with Gasteiger partial charge < -0.3 is 14.8 Å². The molecule has 0 aromatic heterocycles. The molecule has 0 aliphatic carbocycles. The third-order valence-corrected chi connectivity index (χ3v) is 3.93. The second-order valence-corrected chi connectivity index (χ2v) is 5.76. The fraction of sp³-hybridized carbons (Fsp3) is 0.250. The van der Waals surface area contributed by atoms with E-state index < -0.39 is 0 Å². The quantitative estimate of drug-likeness (QED) is 0.720. The SMILES string of the molecule is CCOc1cc(Cl)c(CNc2ccc(Cl)cc2Cl)cc1OC. The average Bonchev–Trinajstić information content (AvgIpc) is 2.48. The zero-order chi connectivity index (χ0) is 16.1. The van der Waals surface area contributed by atoms with Gasteiger partial charge in [0.05, 0.1) is 24.4 Å². The van der Waals surface area contributed by atoms with Crippen molar-refractivity contribution in [3.63, 3.8) is 0 Å². The summed E-state index contributed by atoms with van der Waals surface area (Å²) in [6.45, 7) is 2.96. The average molecular weight is 361 g/mol. The molecule has 0 radical (unpaired) electrons. The van der Waals surface area contributed by atoms with Gasteiger partial charge in [-0.3, -0.25) is 0 Å². The first-order valence-corrected chi connectivity index (χ1v) is 7.86. The summed E-state index contributed by atoms with van der Waals surface area (Å²) < 4.78 is 10.8. The third kappa shape index (κ3) is 4.13. The molecule has 2 rings (SSSR count). The Kier molecular flexibility index (Phi) is 6.07. The highest BCUT2D eigenvalue weighted by atomic mass is 35.5. The molecule has 0 spiro atoms. The fourth-order valence-corrected chi connectivity index (χ4v) is 2.66. The van der Waals surface area contributed by atoms with Crippen LogP contribution in [0.3, 0.4) is 0 Å². The lowest BCUT2D eigenvalue weighted by atomic mass is 10.2. The summed E-state index contributed by atoms with van der Waals surface area (Å²) in [4.78, 5) is 0. The van der Waals surface area contributed by atoms with E-state index >= 15 is 0 Å². The predicted octanol–water partition coefficient (Wildman–Crippen LogP) is 5.67. The molecule has 0 bridgehead atoms. The first-order valence-electron chi connectivity index (χ1n) is 6.73. The Morgan fingerprint density at radius 3 is 2.41 bits per heavy atom. The van der Waals surface area contributed by atoms with Crippen LogP contribution in [0.2, 0.25) is 15.1 Å². The third-order valence-electron chi connectivity index (χ3n) is 3.03. The van der Waals surface area contributed by atoms with Crippen molar-refractivity contribution in [3.05, 3.63) is 51.0 Å². The van der Waals surface area contributed by atoms with E-state index in [2.05, 4.69) is 5.32 Å². The largest absolute Gasteiger partial charge is 0.493 e. The van der Waals surface area contributed by atoms with Crippen LogP contribution in [0.4, 0.5) is 5.69 Å². The van der Waals surface area contributed by atoms with Crippen molar-refractivity contribution in [1.29, 1.82) is 0 Å². The number of rotatable bonds is 6. The van der Waals surface area contributed by atoms with Crippen LogP contribution in [-0.2, 0) is 6.54 Å². The van der Waals surface area contributed by atoms with Gasteiger partial charge in [0, 0.05) is 22.7 Å². The summed E-state index contributed by atoms with van der Waals surface area (Å²) in [5.74, 6) is 1.27. The summed E-state index contributed by atoms with van der Waals surface area (Å²) in [5, 5.41) is 4.98. The van der Waals surface area contributed by atoms with Gasteiger partial charge in [-0.15, -0.1) is 0 Å². The monoisotopic (exact) mass is 359 g/mol. The van der Waals surface area contributed by atoms with Gasteiger partial charge in [0.1, 0.15) is 0 Å². The molecular formula is C16H16Cl3NO2. The maximum Gasteiger partial charge on any atom is 0.162 e. The van der Waals surface area contributed by atoms with Crippen molar-refractivity contribution in [2.45, 2.75) is 13.5 Å². The van der Waals surface area contributed by atoms with Gasteiger partial charge in [-0.05, 0) is 36.8 Å². The number of methoxy groups -OCH3 is 1. The molecule has 0 atom stereocenters. The number of halogens is 3. The molecular weight excluding hydrogens is 345 g/mol. The van der Waals surface area contributed by atoms with Crippen LogP contribution in [0.1, 0.15) is 12.5 Å². The van der Waals surface area contributed by atoms with Crippen LogP contribution >= 0.6 is 34.8 Å². The van der Waals surface area contributed by atoms with Crippen LogP contribution in [0.15, 0.2) is 30.3 Å². The Bertz CT molecular complexity index is 662. The van der Waals surface area contributed by atoms with Crippen LogP contribution in [-0.4, -0.2) is 13.7 Å². The molecule has 2 aromatic rings. The second kappa shape index (κ2) is 7.82. The zero-order valence-electron chi connectivity index (χ0n) is 12.3. The van der Waals surface area contributed by atoms with E-state index in [1.54, 1.807) is 25.3 Å². The summed E-state index contributed by atoms with van der Waals surface area (Å²) in [5.41, 5.74) is 1.67. The number of hydrogen-bond donors (Lipinski definition) is 1. The first-order chi connectivity index (χ1) is 10.5. The molecule has 0 fully saturated rings. The van der Waals surface area contributed by atoms with Crippen LogP contribution in [0, 0.1) is 0 Å². The van der Waals surface area contributed by atoms with Crippen LogP contribution in [0.25, 0.3) is 0 Å². The molecule has 0 saturated heterocycles. The summed E-state index contributed by atoms with van der Waals surface area (Å²) in [7, 11) is 1.60. The van der Waals surface area contributed by atoms with E-state index in [4.69, 9.17) is 44.3 Å². The molecule has 1 N–H and O–H groups in total. The van der Waals surface area contributed by atoms with E-state index in [0.717, 1.165) is 11.3 Å². The number of nitrogens with one attached hydrogen (secondary N) is 1. The van der Waals surface area contributed by atoms with Gasteiger partial charge in [-0.25, -0.2) is 0 Å². The highest BCUT2D eigenvalue weighted by Crippen LogP contribution is 2.34. The highest BCUT2D eigenvalue weighted by Gasteiger charge is 2.11. The second-order valence-electron chi connectivity index (χ2n) is 4.51. The minimum atomic E-state index is 0.503. The van der Waals surface area contributed by atoms with E-state index in [0.29, 0.717) is 39.7 Å². The van der Waals surface area contributed by atoms with Crippen molar-refractivity contribution in [1.82, 2.24) is 0 Å². The molecule has 22 heavy (non-hydrogen) atoms. The summed E-state index contributed by atoms with van der Waals surface area (Å²) in [6.07, 6.45) is 0. The van der Waals surface area contributed by atoms with E-state index in [1.165, 1.54) is 0 Å². The fourth-order valence-electron chi connectivity index (χ4n) is 1.96. The van der Waals surface area contributed by atoms with E-state index in [1.807, 2.05) is 19.1 Å². The standard InChI is InChI=1S/C16H16Cl3NO2/c1-3-22-16-8-12(18)10(6-15(16)21-2)9-20-14-5-4-11(17)7-13(14)19/h4-8,20H,3,9H2,1-2H3. The molecule has 0 unspecified atom stereocenters. The van der Waals surface area contributed by atoms with Crippen molar-refractivity contribution in [2.24, 2.45) is 0 Å². The summed E-state index contributed by atoms with van der Waals surface area (Å²) >= 11 is 18.3. The Labute approximate surface area is 145 Å². The van der Waals surface area contributed by atoms with Crippen LogP contribution in [0.5, 0.6) is 11.5 Å². The van der Waals surface area contributed by atoms with Gasteiger partial charge in [0.15, 0.2) is 11.5 Å². The lowest BCUT2D eigenvalue weighted by molar-refractivity contribution is 0.311. The normalized spacial score (nSPS) is 10.4. The van der Waals surface area contributed by atoms with Crippen LogP contribution < -0.4 is 14.8 Å². The molecule has 2 aromatic carbocycles. The highest BCUT2D eigenvalue weighted by molar-refractivity contribution is 6.36. The number of ether oxygens (including phenoxy) is 2. The smallest absolute Gasteiger partial charge is 0.162 e. The molecule has 0 heterocycles. The van der Waals surface area contributed by atoms with Gasteiger partial charge in [-0.2, -0.15) is 0 Å². The minimum absolute atomic E-state index is 0.503. The maximum absolute atomic E-state index is 6.30. The lowest BCUT2D eigenvalue weighted by Crippen LogP contribution is -2.03. The number of hydrogen-bond acceptors (Lipinski definition) is 3. The molecule has 0 saturated carbocycles. The Morgan fingerprint density at radius 2 is 1.77 bits per heavy atom. The van der Waals surface area contributed by atoms with E-state index in [9.17, 15) is 0 Å². The Morgan fingerprint density at radius 1 is 1.00 bits per heavy atom. The molecule has 118 valence electrons. The Hall–Kier alpha value is -1.29. The van der Waals surface area contributed by atoms with Crippen molar-refractivity contribution < 1.29 is 9.47 Å². The van der Waals surface area contributed by atoms with Gasteiger partial charge in [0.25, 0.3) is 0 Å².